The Morgan fingerprint density at radius 3 is 1.77 bits per heavy atom. The third kappa shape index (κ3) is 17.9. The Hall–Kier alpha value is -0.120. The van der Waals surface area contributed by atoms with E-state index in [1.54, 1.807) is 0 Å². The van der Waals surface area contributed by atoms with Crippen molar-refractivity contribution in [3.05, 3.63) is 0 Å². The minimum Gasteiger partial charge on any atom is -0.388 e. The smallest absolute Gasteiger partial charge is 0.101 e. The van der Waals surface area contributed by atoms with Crippen molar-refractivity contribution >= 4 is 0 Å². The molecule has 1 atom stereocenters. The molecule has 0 aliphatic rings. The number of rotatable bonds is 17. The highest BCUT2D eigenvalue weighted by Gasteiger charge is 2.04. The summed E-state index contributed by atoms with van der Waals surface area (Å²) in [7, 11) is 0. The van der Waals surface area contributed by atoms with Crippen molar-refractivity contribution in [3.63, 3.8) is 0 Å². The Morgan fingerprint density at radius 2 is 1.23 bits per heavy atom. The molecule has 0 fully saturated rings. The summed E-state index contributed by atoms with van der Waals surface area (Å²) >= 11 is 0. The second-order valence-electron chi connectivity index (χ2n) is 6.81. The third-order valence-corrected chi connectivity index (χ3v) is 3.83. The Labute approximate surface area is 138 Å². The van der Waals surface area contributed by atoms with Gasteiger partial charge >= 0.3 is 0 Å². The third-order valence-electron chi connectivity index (χ3n) is 3.83. The zero-order valence-electron chi connectivity index (χ0n) is 15.3. The molecule has 0 aromatic rings. The topological polar surface area (TPSA) is 38.7 Å². The summed E-state index contributed by atoms with van der Waals surface area (Å²) in [6.45, 7) is 9.04. The molecule has 0 saturated carbocycles. The zero-order chi connectivity index (χ0) is 16.5. The highest BCUT2D eigenvalue weighted by molar-refractivity contribution is 4.52. The predicted molar refractivity (Wildman–Crippen MR) is 94.3 cm³/mol. The lowest BCUT2D eigenvalue weighted by Gasteiger charge is -2.11. The van der Waals surface area contributed by atoms with Crippen LogP contribution in [0.4, 0.5) is 0 Å². The summed E-state index contributed by atoms with van der Waals surface area (Å²) in [5.74, 6) is 0.851. The summed E-state index contributed by atoms with van der Waals surface area (Å²) in [6, 6.07) is 0. The Morgan fingerprint density at radius 1 is 0.727 bits per heavy atom. The SMILES string of the molecule is CCCCOCC(O)COCCCCCCCCCC(C)C. The van der Waals surface area contributed by atoms with Gasteiger partial charge in [0, 0.05) is 13.2 Å². The van der Waals surface area contributed by atoms with Crippen LogP contribution in [0, 0.1) is 5.92 Å². The van der Waals surface area contributed by atoms with E-state index < -0.39 is 6.10 Å². The number of aliphatic hydroxyl groups excluding tert-OH is 1. The molecule has 1 unspecified atom stereocenters. The first-order valence-electron chi connectivity index (χ1n) is 9.50. The molecule has 3 heteroatoms. The lowest BCUT2D eigenvalue weighted by Crippen LogP contribution is -2.22. The summed E-state index contributed by atoms with van der Waals surface area (Å²) in [5.41, 5.74) is 0. The van der Waals surface area contributed by atoms with Crippen molar-refractivity contribution in [2.45, 2.75) is 91.1 Å². The van der Waals surface area contributed by atoms with Crippen LogP contribution < -0.4 is 0 Å². The van der Waals surface area contributed by atoms with E-state index in [2.05, 4.69) is 20.8 Å². The lowest BCUT2D eigenvalue weighted by molar-refractivity contribution is -0.0199. The molecule has 22 heavy (non-hydrogen) atoms. The van der Waals surface area contributed by atoms with Gasteiger partial charge in [-0.2, -0.15) is 0 Å². The summed E-state index contributed by atoms with van der Waals surface area (Å²) in [4.78, 5) is 0. The van der Waals surface area contributed by atoms with E-state index in [1.807, 2.05) is 0 Å². The molecule has 0 aromatic carbocycles. The van der Waals surface area contributed by atoms with Crippen LogP contribution >= 0.6 is 0 Å². The molecule has 0 amide bonds. The van der Waals surface area contributed by atoms with Crippen LogP contribution in [0.2, 0.25) is 0 Å². The molecule has 0 aliphatic carbocycles. The number of aliphatic hydroxyl groups is 1. The van der Waals surface area contributed by atoms with Gasteiger partial charge in [0.15, 0.2) is 0 Å². The number of ether oxygens (including phenoxy) is 2. The monoisotopic (exact) mass is 316 g/mol. The molecule has 0 spiro atoms. The van der Waals surface area contributed by atoms with Crippen molar-refractivity contribution in [2.24, 2.45) is 5.92 Å². The molecular weight excluding hydrogens is 276 g/mol. The maximum atomic E-state index is 9.66. The van der Waals surface area contributed by atoms with Crippen molar-refractivity contribution in [3.8, 4) is 0 Å². The fourth-order valence-electron chi connectivity index (χ4n) is 2.37. The van der Waals surface area contributed by atoms with Gasteiger partial charge in [0.1, 0.15) is 6.10 Å². The molecule has 3 nitrogen and oxygen atoms in total. The van der Waals surface area contributed by atoms with Crippen LogP contribution in [-0.4, -0.2) is 37.6 Å². The average Bonchev–Trinajstić information content (AvgIpc) is 2.49. The van der Waals surface area contributed by atoms with Crippen LogP contribution in [0.25, 0.3) is 0 Å². The van der Waals surface area contributed by atoms with Crippen LogP contribution in [0.5, 0.6) is 0 Å². The molecule has 0 radical (unpaired) electrons. The van der Waals surface area contributed by atoms with Gasteiger partial charge in [0.2, 0.25) is 0 Å². The first kappa shape index (κ1) is 21.9. The van der Waals surface area contributed by atoms with Crippen molar-refractivity contribution in [2.75, 3.05) is 26.4 Å². The Balaban J connectivity index is 3.10. The van der Waals surface area contributed by atoms with Gasteiger partial charge in [-0.3, -0.25) is 0 Å². The molecule has 1 N–H and O–H groups in total. The van der Waals surface area contributed by atoms with Gasteiger partial charge in [-0.15, -0.1) is 0 Å². The summed E-state index contributed by atoms with van der Waals surface area (Å²) in [5, 5.41) is 9.66. The number of hydrogen-bond donors (Lipinski definition) is 1. The molecule has 0 saturated heterocycles. The van der Waals surface area contributed by atoms with Gasteiger partial charge in [-0.05, 0) is 18.8 Å². The molecular formula is C19H40O3. The van der Waals surface area contributed by atoms with Crippen LogP contribution in [0.15, 0.2) is 0 Å². The predicted octanol–water partition coefficient (Wildman–Crippen LogP) is 4.96. The second-order valence-corrected chi connectivity index (χ2v) is 6.81. The van der Waals surface area contributed by atoms with Gasteiger partial charge in [-0.25, -0.2) is 0 Å². The standard InChI is InChI=1S/C19H40O3/c1-4-5-14-21-16-19(20)17-22-15-12-10-8-6-7-9-11-13-18(2)3/h18-20H,4-17H2,1-3H3. The Bertz CT molecular complexity index is 207. The molecule has 0 bridgehead atoms. The van der Waals surface area contributed by atoms with E-state index in [4.69, 9.17) is 9.47 Å². The van der Waals surface area contributed by atoms with Gasteiger partial charge in [0.05, 0.1) is 13.2 Å². The number of hydrogen-bond acceptors (Lipinski definition) is 3. The van der Waals surface area contributed by atoms with Crippen LogP contribution in [-0.2, 0) is 9.47 Å². The fraction of sp³-hybridized carbons (Fsp3) is 1.00. The quantitative estimate of drug-likeness (QED) is 0.386. The minimum atomic E-state index is -0.474. The molecule has 0 heterocycles. The van der Waals surface area contributed by atoms with E-state index in [9.17, 15) is 5.11 Å². The van der Waals surface area contributed by atoms with Crippen molar-refractivity contribution in [1.82, 2.24) is 0 Å². The average molecular weight is 317 g/mol. The number of unbranched alkanes of at least 4 members (excludes halogenated alkanes) is 7. The van der Waals surface area contributed by atoms with Gasteiger partial charge in [0.25, 0.3) is 0 Å². The van der Waals surface area contributed by atoms with Crippen molar-refractivity contribution in [1.29, 1.82) is 0 Å². The normalized spacial score (nSPS) is 13.0. The van der Waals surface area contributed by atoms with Gasteiger partial charge in [-0.1, -0.05) is 72.1 Å². The molecule has 0 aliphatic heterocycles. The van der Waals surface area contributed by atoms with Crippen LogP contribution in [0.3, 0.4) is 0 Å². The first-order valence-corrected chi connectivity index (χ1v) is 9.50. The van der Waals surface area contributed by atoms with Crippen LogP contribution in [0.1, 0.15) is 85.0 Å². The lowest BCUT2D eigenvalue weighted by atomic mass is 10.0. The maximum absolute atomic E-state index is 9.66. The fourth-order valence-corrected chi connectivity index (χ4v) is 2.37. The minimum absolute atomic E-state index is 0.399. The molecule has 0 rings (SSSR count). The largest absolute Gasteiger partial charge is 0.388 e. The highest BCUT2D eigenvalue weighted by atomic mass is 16.5. The van der Waals surface area contributed by atoms with Gasteiger partial charge < -0.3 is 14.6 Å². The molecule has 134 valence electrons. The van der Waals surface area contributed by atoms with E-state index in [1.165, 1.54) is 44.9 Å². The summed E-state index contributed by atoms with van der Waals surface area (Å²) in [6.07, 6.45) is 12.3. The second kappa shape index (κ2) is 17.2. The highest BCUT2D eigenvalue weighted by Crippen LogP contribution is 2.11. The van der Waals surface area contributed by atoms with E-state index in [0.717, 1.165) is 38.4 Å². The van der Waals surface area contributed by atoms with E-state index in [0.29, 0.717) is 13.2 Å². The molecule has 0 aromatic heterocycles. The van der Waals surface area contributed by atoms with Crippen molar-refractivity contribution < 1.29 is 14.6 Å². The van der Waals surface area contributed by atoms with E-state index in [-0.39, 0.29) is 0 Å². The summed E-state index contributed by atoms with van der Waals surface area (Å²) < 4.78 is 10.9. The Kier molecular flexibility index (Phi) is 17.1. The van der Waals surface area contributed by atoms with E-state index >= 15 is 0 Å². The first-order chi connectivity index (χ1) is 10.7. The maximum Gasteiger partial charge on any atom is 0.101 e. The zero-order valence-corrected chi connectivity index (χ0v) is 15.3.